The lowest BCUT2D eigenvalue weighted by atomic mass is 10.2. The summed E-state index contributed by atoms with van der Waals surface area (Å²) in [4.78, 5) is 11.3. The van der Waals surface area contributed by atoms with Gasteiger partial charge in [0.2, 0.25) is 0 Å². The number of carbonyl (C=O) groups excluding carboxylic acids is 1. The molecule has 1 aromatic rings. The summed E-state index contributed by atoms with van der Waals surface area (Å²) < 4.78 is 19.4. The van der Waals surface area contributed by atoms with Gasteiger partial charge in [0.15, 0.2) is 0 Å². The number of aromatic hydroxyl groups is 1. The maximum Gasteiger partial charge on any atom is 0.338 e. The summed E-state index contributed by atoms with van der Waals surface area (Å²) in [7, 11) is 0. The van der Waals surface area contributed by atoms with E-state index in [0.29, 0.717) is 0 Å². The smallest absolute Gasteiger partial charge is 0.338 e. The number of phenols is 1. The van der Waals surface area contributed by atoms with Gasteiger partial charge in [0.25, 0.3) is 0 Å². The molecule has 0 bridgehead atoms. The van der Waals surface area contributed by atoms with Gasteiger partial charge in [0, 0.05) is 0 Å². The third kappa shape index (κ3) is 1.99. The predicted molar refractivity (Wildman–Crippen MR) is 44.1 cm³/mol. The van der Waals surface area contributed by atoms with Crippen LogP contribution in [0.1, 0.15) is 20.0 Å². The first-order valence-corrected chi connectivity index (χ1v) is 3.53. The van der Waals surface area contributed by atoms with Gasteiger partial charge in [-0.25, -0.2) is 4.79 Å². The first-order valence-electron chi connectivity index (χ1n) is 4.53. The lowest BCUT2D eigenvalue weighted by Crippen LogP contribution is -2.03. The highest BCUT2D eigenvalue weighted by Crippen LogP contribution is 2.10. The molecular formula is C9H10O3. The third-order valence-corrected chi connectivity index (χ3v) is 1.21. The van der Waals surface area contributed by atoms with Gasteiger partial charge in [-0.1, -0.05) is 0 Å². The molecule has 0 aliphatic heterocycles. The minimum Gasteiger partial charge on any atom is -0.508 e. The van der Waals surface area contributed by atoms with Gasteiger partial charge in [-0.05, 0) is 31.1 Å². The highest BCUT2D eigenvalue weighted by atomic mass is 16.5. The average Bonchev–Trinajstić information content (AvgIpc) is 2.01. The van der Waals surface area contributed by atoms with E-state index in [9.17, 15) is 4.79 Å². The van der Waals surface area contributed by atoms with E-state index in [-0.39, 0.29) is 30.0 Å². The van der Waals surface area contributed by atoms with E-state index in [1.807, 2.05) is 0 Å². The van der Waals surface area contributed by atoms with Gasteiger partial charge in [-0.3, -0.25) is 0 Å². The molecule has 1 aromatic carbocycles. The molecule has 64 valence electrons. The van der Waals surface area contributed by atoms with Gasteiger partial charge in [-0.2, -0.15) is 0 Å². The van der Waals surface area contributed by atoms with Crippen LogP contribution >= 0.6 is 0 Å². The van der Waals surface area contributed by atoms with Crippen LogP contribution in [0.3, 0.4) is 0 Å². The van der Waals surface area contributed by atoms with Crippen molar-refractivity contribution in [3.8, 4) is 5.75 Å². The SMILES string of the molecule is [2H]c1cc(O)cc([2H])c1C(=O)OCC. The fourth-order valence-corrected chi connectivity index (χ4v) is 0.697. The average molecular weight is 168 g/mol. The standard InChI is InChI=1S/C9H10O3/c1-2-12-9(11)7-3-5-8(10)6-4-7/h3-6,10H,2H2,1H3/i3D,4D. The number of rotatable bonds is 2. The van der Waals surface area contributed by atoms with Crippen LogP contribution in [0, 0.1) is 0 Å². The molecule has 0 fully saturated rings. The summed E-state index contributed by atoms with van der Waals surface area (Å²) in [6, 6.07) is 1.80. The maximum absolute atomic E-state index is 11.3. The van der Waals surface area contributed by atoms with Crippen molar-refractivity contribution in [3.63, 3.8) is 0 Å². The first-order chi connectivity index (χ1) is 6.56. The first kappa shape index (κ1) is 6.06. The van der Waals surface area contributed by atoms with Crippen LogP contribution in [0.4, 0.5) is 0 Å². The van der Waals surface area contributed by atoms with Crippen molar-refractivity contribution in [2.45, 2.75) is 6.92 Å². The number of benzene rings is 1. The second kappa shape index (κ2) is 3.76. The summed E-state index contributed by atoms with van der Waals surface area (Å²) in [5.74, 6) is -0.907. The number of phenolic OH excluding ortho intramolecular Hbond substituents is 1. The van der Waals surface area contributed by atoms with Crippen molar-refractivity contribution < 1.29 is 17.4 Å². The van der Waals surface area contributed by atoms with Gasteiger partial charge < -0.3 is 9.84 Å². The summed E-state index contributed by atoms with van der Waals surface area (Å²) in [6.07, 6.45) is 0. The Bertz CT molecular complexity index is 340. The Morgan fingerprint density at radius 3 is 2.75 bits per heavy atom. The summed E-state index contributed by atoms with van der Waals surface area (Å²) in [6.45, 7) is 1.84. The van der Waals surface area contributed by atoms with E-state index >= 15 is 0 Å². The Kier molecular flexibility index (Phi) is 1.90. The third-order valence-electron chi connectivity index (χ3n) is 1.21. The fraction of sp³-hybridized carbons (Fsp3) is 0.222. The minimum absolute atomic E-state index is 0.121. The molecule has 0 aliphatic carbocycles. The quantitative estimate of drug-likeness (QED) is 0.682. The molecule has 0 spiro atoms. The summed E-state index contributed by atoms with van der Waals surface area (Å²) >= 11 is 0. The van der Waals surface area contributed by atoms with Crippen molar-refractivity contribution in [1.29, 1.82) is 0 Å². The van der Waals surface area contributed by atoms with Crippen LogP contribution < -0.4 is 0 Å². The molecule has 1 N–H and O–H groups in total. The van der Waals surface area contributed by atoms with E-state index in [2.05, 4.69) is 4.74 Å². The summed E-state index contributed by atoms with van der Waals surface area (Å²) in [5.41, 5.74) is -0.121. The molecule has 0 amide bonds. The van der Waals surface area contributed by atoms with E-state index in [4.69, 9.17) is 7.85 Å². The molecule has 0 heterocycles. The molecule has 0 saturated carbocycles. The van der Waals surface area contributed by atoms with Crippen molar-refractivity contribution in [2.24, 2.45) is 0 Å². The minimum atomic E-state index is -0.706. The molecule has 0 radical (unpaired) electrons. The van der Waals surface area contributed by atoms with Gasteiger partial charge >= 0.3 is 5.97 Å². The highest BCUT2D eigenvalue weighted by molar-refractivity contribution is 5.89. The molecule has 0 atom stereocenters. The van der Waals surface area contributed by atoms with Crippen LogP contribution in [0.5, 0.6) is 5.75 Å². The normalized spacial score (nSPS) is 11.8. The van der Waals surface area contributed by atoms with Crippen LogP contribution in [0.15, 0.2) is 24.2 Å². The van der Waals surface area contributed by atoms with Gasteiger partial charge in [0.05, 0.1) is 14.9 Å². The lowest BCUT2D eigenvalue weighted by Gasteiger charge is -2.00. The largest absolute Gasteiger partial charge is 0.508 e. The molecule has 0 unspecified atom stereocenters. The van der Waals surface area contributed by atoms with E-state index in [1.54, 1.807) is 6.92 Å². The second-order valence-corrected chi connectivity index (χ2v) is 2.10. The van der Waals surface area contributed by atoms with Gasteiger partial charge in [0.1, 0.15) is 5.75 Å². The number of hydrogen-bond acceptors (Lipinski definition) is 3. The Balaban J connectivity index is 3.14. The number of esters is 1. The molecule has 3 nitrogen and oxygen atoms in total. The number of ether oxygens (including phenoxy) is 1. The number of hydrogen-bond donors (Lipinski definition) is 1. The zero-order valence-corrected chi connectivity index (χ0v) is 6.63. The molecule has 12 heavy (non-hydrogen) atoms. The zero-order chi connectivity index (χ0) is 10.7. The molecule has 0 aliphatic rings. The van der Waals surface area contributed by atoms with Crippen LogP contribution in [-0.4, -0.2) is 17.7 Å². The predicted octanol–water partition coefficient (Wildman–Crippen LogP) is 1.57. The van der Waals surface area contributed by atoms with Crippen molar-refractivity contribution >= 4 is 5.97 Å². The maximum atomic E-state index is 11.3. The Morgan fingerprint density at radius 2 is 2.25 bits per heavy atom. The molecule has 1 rings (SSSR count). The molecular weight excluding hydrogens is 156 g/mol. The van der Waals surface area contributed by atoms with Crippen molar-refractivity contribution in [3.05, 3.63) is 29.8 Å². The topological polar surface area (TPSA) is 46.5 Å². The molecule has 3 heteroatoms. The number of carbonyl (C=O) groups is 1. The zero-order valence-electron chi connectivity index (χ0n) is 8.63. The lowest BCUT2D eigenvalue weighted by molar-refractivity contribution is 0.0526. The van der Waals surface area contributed by atoms with Crippen molar-refractivity contribution in [1.82, 2.24) is 0 Å². The fourth-order valence-electron chi connectivity index (χ4n) is 0.697. The van der Waals surface area contributed by atoms with E-state index < -0.39 is 5.97 Å². The molecule has 0 saturated heterocycles. The van der Waals surface area contributed by atoms with Gasteiger partial charge in [-0.15, -0.1) is 0 Å². The monoisotopic (exact) mass is 168 g/mol. The second-order valence-electron chi connectivity index (χ2n) is 2.10. The van der Waals surface area contributed by atoms with E-state index in [1.165, 1.54) is 0 Å². The van der Waals surface area contributed by atoms with Crippen molar-refractivity contribution in [2.75, 3.05) is 6.61 Å². The summed E-state index contributed by atoms with van der Waals surface area (Å²) in [5, 5.41) is 9.04. The Hall–Kier alpha value is -1.51. The molecule has 0 aromatic heterocycles. The van der Waals surface area contributed by atoms with Crippen LogP contribution in [-0.2, 0) is 4.74 Å². The van der Waals surface area contributed by atoms with Crippen LogP contribution in [0.2, 0.25) is 0 Å². The Labute approximate surface area is 73.4 Å². The highest BCUT2D eigenvalue weighted by Gasteiger charge is 2.04. The Morgan fingerprint density at radius 1 is 1.67 bits per heavy atom. The van der Waals surface area contributed by atoms with Crippen LogP contribution in [0.25, 0.3) is 0 Å². The van der Waals surface area contributed by atoms with E-state index in [0.717, 1.165) is 12.1 Å².